The van der Waals surface area contributed by atoms with Crippen LogP contribution in [0, 0.1) is 6.92 Å². The normalized spacial score (nSPS) is 24.9. The van der Waals surface area contributed by atoms with Gasteiger partial charge in [0.25, 0.3) is 0 Å². The Labute approximate surface area is 127 Å². The van der Waals surface area contributed by atoms with E-state index in [4.69, 9.17) is 0 Å². The summed E-state index contributed by atoms with van der Waals surface area (Å²) in [7, 11) is 4.13. The first kappa shape index (κ1) is 14.5. The minimum Gasteiger partial charge on any atom is -0.320 e. The molecule has 2 atom stereocenters. The lowest BCUT2D eigenvalue weighted by molar-refractivity contribution is -0.131. The number of carbonyl (C=O) groups is 1. The summed E-state index contributed by atoms with van der Waals surface area (Å²) in [6, 6.07) is 8.70. The third-order valence-electron chi connectivity index (χ3n) is 4.97. The van der Waals surface area contributed by atoms with E-state index in [-0.39, 0.29) is 17.6 Å². The van der Waals surface area contributed by atoms with Crippen molar-refractivity contribution in [2.45, 2.75) is 44.4 Å². The second-order valence-corrected chi connectivity index (χ2v) is 6.76. The molecule has 0 radical (unpaired) electrons. The zero-order chi connectivity index (χ0) is 15.2. The average molecular weight is 287 g/mol. The number of aryl methyl sites for hydroxylation is 1. The fraction of sp³-hybridized carbons (Fsp3) is 0.588. The van der Waals surface area contributed by atoms with Crippen LogP contribution in [0.25, 0.3) is 0 Å². The van der Waals surface area contributed by atoms with E-state index in [0.717, 1.165) is 19.4 Å². The van der Waals surface area contributed by atoms with Gasteiger partial charge in [0, 0.05) is 12.6 Å². The van der Waals surface area contributed by atoms with Gasteiger partial charge >= 0.3 is 0 Å². The van der Waals surface area contributed by atoms with E-state index < -0.39 is 0 Å². The number of carbonyl (C=O) groups excluding carboxylic acids is 1. The number of amides is 1. The van der Waals surface area contributed by atoms with Crippen molar-refractivity contribution >= 4 is 5.91 Å². The van der Waals surface area contributed by atoms with Crippen LogP contribution in [-0.4, -0.2) is 47.9 Å². The van der Waals surface area contributed by atoms with Gasteiger partial charge in [-0.2, -0.15) is 0 Å². The first-order valence-corrected chi connectivity index (χ1v) is 7.75. The highest BCUT2D eigenvalue weighted by Gasteiger charge is 2.59. The second kappa shape index (κ2) is 5.11. The third-order valence-corrected chi connectivity index (χ3v) is 4.97. The van der Waals surface area contributed by atoms with E-state index >= 15 is 0 Å². The van der Waals surface area contributed by atoms with Crippen molar-refractivity contribution < 1.29 is 4.79 Å². The number of nitrogens with one attached hydrogen (secondary N) is 1. The van der Waals surface area contributed by atoms with Crippen LogP contribution in [0.1, 0.15) is 37.1 Å². The highest BCUT2D eigenvalue weighted by molar-refractivity contribution is 5.92. The summed E-state index contributed by atoms with van der Waals surface area (Å²) in [6.07, 6.45) is 1.96. The van der Waals surface area contributed by atoms with E-state index in [1.54, 1.807) is 0 Å². The molecule has 21 heavy (non-hydrogen) atoms. The quantitative estimate of drug-likeness (QED) is 0.919. The molecular weight excluding hydrogens is 262 g/mol. The van der Waals surface area contributed by atoms with E-state index in [9.17, 15) is 4.79 Å². The zero-order valence-electron chi connectivity index (χ0n) is 13.4. The molecule has 0 aromatic heterocycles. The van der Waals surface area contributed by atoms with Gasteiger partial charge in [-0.25, -0.2) is 0 Å². The molecule has 3 rings (SSSR count). The molecule has 0 bridgehead atoms. The Balaban J connectivity index is 1.90. The fourth-order valence-electron chi connectivity index (χ4n) is 3.05. The highest BCUT2D eigenvalue weighted by atomic mass is 16.2. The van der Waals surface area contributed by atoms with Crippen molar-refractivity contribution in [1.29, 1.82) is 0 Å². The fourth-order valence-corrected chi connectivity index (χ4v) is 3.05. The van der Waals surface area contributed by atoms with Crippen LogP contribution in [0.3, 0.4) is 0 Å². The van der Waals surface area contributed by atoms with Crippen molar-refractivity contribution in [3.8, 4) is 0 Å². The Morgan fingerprint density at radius 3 is 2.62 bits per heavy atom. The molecule has 1 aromatic carbocycles. The summed E-state index contributed by atoms with van der Waals surface area (Å²) in [5, 5.41) is 3.60. The van der Waals surface area contributed by atoms with Crippen LogP contribution in [-0.2, 0) is 4.79 Å². The Kier molecular flexibility index (Phi) is 3.54. The van der Waals surface area contributed by atoms with Crippen LogP contribution in [0.2, 0.25) is 0 Å². The first-order chi connectivity index (χ1) is 9.94. The molecule has 1 aromatic rings. The lowest BCUT2D eigenvalue weighted by Gasteiger charge is -2.30. The van der Waals surface area contributed by atoms with Crippen molar-refractivity contribution in [1.82, 2.24) is 15.1 Å². The van der Waals surface area contributed by atoms with Gasteiger partial charge in [0.1, 0.15) is 11.7 Å². The molecule has 1 saturated carbocycles. The van der Waals surface area contributed by atoms with E-state index in [2.05, 4.69) is 62.4 Å². The summed E-state index contributed by atoms with van der Waals surface area (Å²) in [5.74, 6) is 0.282. The number of likely N-dealkylation sites (N-methyl/N-ethyl adjacent to an activating group) is 1. The molecule has 1 spiro atoms. The Morgan fingerprint density at radius 1 is 1.38 bits per heavy atom. The van der Waals surface area contributed by atoms with Gasteiger partial charge in [-0.3, -0.25) is 10.1 Å². The molecule has 1 aliphatic heterocycles. The smallest absolute Gasteiger partial charge is 0.244 e. The molecule has 2 aliphatic rings. The second-order valence-electron chi connectivity index (χ2n) is 6.76. The van der Waals surface area contributed by atoms with Crippen molar-refractivity contribution in [2.75, 3.05) is 20.6 Å². The average Bonchev–Trinajstić information content (AvgIpc) is 3.18. The number of nitrogens with zero attached hydrogens (tertiary/aromatic N) is 2. The maximum absolute atomic E-state index is 12.8. The van der Waals surface area contributed by atoms with Gasteiger partial charge in [-0.05, 0) is 51.9 Å². The predicted octanol–water partition coefficient (Wildman–Crippen LogP) is 1.91. The Hall–Kier alpha value is -1.39. The van der Waals surface area contributed by atoms with Gasteiger partial charge < -0.3 is 9.80 Å². The monoisotopic (exact) mass is 287 g/mol. The van der Waals surface area contributed by atoms with Crippen LogP contribution in [0.4, 0.5) is 0 Å². The largest absolute Gasteiger partial charge is 0.320 e. The minimum atomic E-state index is -0.265. The van der Waals surface area contributed by atoms with Crippen molar-refractivity contribution in [2.24, 2.45) is 0 Å². The summed E-state index contributed by atoms with van der Waals surface area (Å²) in [4.78, 5) is 17.0. The van der Waals surface area contributed by atoms with Gasteiger partial charge in [-0.1, -0.05) is 24.3 Å². The zero-order valence-corrected chi connectivity index (χ0v) is 13.4. The molecule has 1 heterocycles. The summed E-state index contributed by atoms with van der Waals surface area (Å²) in [5.41, 5.74) is 2.20. The molecule has 2 fully saturated rings. The highest BCUT2D eigenvalue weighted by Crippen LogP contribution is 2.46. The molecular formula is C17H25N3O. The first-order valence-electron chi connectivity index (χ1n) is 7.75. The van der Waals surface area contributed by atoms with Crippen molar-refractivity contribution in [3.05, 3.63) is 35.4 Å². The summed E-state index contributed by atoms with van der Waals surface area (Å²) in [6.45, 7) is 5.05. The van der Waals surface area contributed by atoms with E-state index in [1.807, 2.05) is 4.90 Å². The van der Waals surface area contributed by atoms with Gasteiger partial charge in [0.15, 0.2) is 0 Å². The molecule has 1 N–H and O–H groups in total. The van der Waals surface area contributed by atoms with Gasteiger partial charge in [0.2, 0.25) is 5.91 Å². The molecule has 1 amide bonds. The Morgan fingerprint density at radius 2 is 2.05 bits per heavy atom. The maximum Gasteiger partial charge on any atom is 0.244 e. The minimum absolute atomic E-state index is 0.0172. The topological polar surface area (TPSA) is 35.6 Å². The molecule has 4 heteroatoms. The van der Waals surface area contributed by atoms with Crippen molar-refractivity contribution in [3.63, 3.8) is 0 Å². The predicted molar refractivity (Wildman–Crippen MR) is 83.9 cm³/mol. The maximum atomic E-state index is 12.8. The SMILES string of the molecule is Cc1ccccc1C1NC2(CC2)C(=O)N1CC(C)N(C)C. The summed E-state index contributed by atoms with van der Waals surface area (Å²) >= 11 is 0. The molecule has 1 saturated heterocycles. The van der Waals surface area contributed by atoms with Gasteiger partial charge in [0.05, 0.1) is 0 Å². The molecule has 1 aliphatic carbocycles. The number of hydrogen-bond acceptors (Lipinski definition) is 3. The number of rotatable bonds is 4. The van der Waals surface area contributed by atoms with Crippen LogP contribution < -0.4 is 5.32 Å². The molecule has 2 unspecified atom stereocenters. The lowest BCUT2D eigenvalue weighted by atomic mass is 10.1. The molecule has 4 nitrogen and oxygen atoms in total. The lowest BCUT2D eigenvalue weighted by Crippen LogP contribution is -2.42. The summed E-state index contributed by atoms with van der Waals surface area (Å²) < 4.78 is 0. The van der Waals surface area contributed by atoms with Crippen LogP contribution >= 0.6 is 0 Å². The molecule has 114 valence electrons. The Bertz CT molecular complexity index is 551. The third kappa shape index (κ3) is 2.47. The number of benzene rings is 1. The van der Waals surface area contributed by atoms with E-state index in [1.165, 1.54) is 11.1 Å². The van der Waals surface area contributed by atoms with E-state index in [0.29, 0.717) is 6.04 Å². The number of hydrogen-bond donors (Lipinski definition) is 1. The van der Waals surface area contributed by atoms with Crippen LogP contribution in [0.15, 0.2) is 24.3 Å². The standard InChI is InChI=1S/C17H25N3O/c1-12-7-5-6-8-14(12)15-18-17(9-10-17)16(21)20(15)11-13(2)19(3)4/h5-8,13,15,18H,9-11H2,1-4H3. The van der Waals surface area contributed by atoms with Gasteiger partial charge in [-0.15, -0.1) is 0 Å². The van der Waals surface area contributed by atoms with Crippen LogP contribution in [0.5, 0.6) is 0 Å².